The van der Waals surface area contributed by atoms with Crippen LogP contribution in [0.15, 0.2) is 21.8 Å². The Morgan fingerprint density at radius 3 is 2.81 bits per heavy atom. The third kappa shape index (κ3) is 3.19. The van der Waals surface area contributed by atoms with Crippen molar-refractivity contribution in [2.45, 2.75) is 32.1 Å². The van der Waals surface area contributed by atoms with Crippen LogP contribution in [0.2, 0.25) is 5.15 Å². The Balaban J connectivity index is 2.05. The van der Waals surface area contributed by atoms with Crippen LogP contribution >= 0.6 is 27.5 Å². The van der Waals surface area contributed by atoms with Gasteiger partial charge in [-0.05, 0) is 41.6 Å². The van der Waals surface area contributed by atoms with Gasteiger partial charge < -0.3 is 0 Å². The quantitative estimate of drug-likeness (QED) is 0.655. The lowest BCUT2D eigenvalue weighted by Crippen LogP contribution is -2.07. The monoisotopic (exact) mass is 301 g/mol. The van der Waals surface area contributed by atoms with Gasteiger partial charge in [0.25, 0.3) is 0 Å². The molecule has 1 heterocycles. The minimum Gasteiger partial charge on any atom is -0.277 e. The van der Waals surface area contributed by atoms with Crippen molar-refractivity contribution in [2.75, 3.05) is 5.43 Å². The maximum Gasteiger partial charge on any atom is 0.131 e. The van der Waals surface area contributed by atoms with E-state index in [1.54, 1.807) is 12.3 Å². The highest BCUT2D eigenvalue weighted by Crippen LogP contribution is 2.24. The molecule has 0 spiro atoms. The Morgan fingerprint density at radius 2 is 2.06 bits per heavy atom. The molecule has 1 aromatic rings. The molecule has 1 N–H and O–H groups in total. The summed E-state index contributed by atoms with van der Waals surface area (Å²) in [6.07, 6.45) is 7.69. The number of aromatic nitrogens is 1. The van der Waals surface area contributed by atoms with E-state index in [-0.39, 0.29) is 0 Å². The molecule has 0 atom stereocenters. The van der Waals surface area contributed by atoms with Gasteiger partial charge in [-0.2, -0.15) is 5.10 Å². The van der Waals surface area contributed by atoms with Crippen LogP contribution in [-0.4, -0.2) is 10.7 Å². The highest BCUT2D eigenvalue weighted by Gasteiger charge is 2.07. The molecule has 3 nitrogen and oxygen atoms in total. The van der Waals surface area contributed by atoms with Gasteiger partial charge in [0.1, 0.15) is 5.15 Å². The fourth-order valence-corrected chi connectivity index (χ4v) is 2.17. The molecule has 1 aromatic heterocycles. The van der Waals surface area contributed by atoms with Crippen molar-refractivity contribution >= 4 is 38.9 Å². The Hall–Kier alpha value is -0.610. The molecule has 1 saturated carbocycles. The van der Waals surface area contributed by atoms with Crippen molar-refractivity contribution in [1.29, 1.82) is 0 Å². The van der Waals surface area contributed by atoms with Gasteiger partial charge in [0.05, 0.1) is 10.2 Å². The fourth-order valence-electron chi connectivity index (χ4n) is 1.71. The van der Waals surface area contributed by atoms with Crippen LogP contribution in [0.4, 0.5) is 5.69 Å². The summed E-state index contributed by atoms with van der Waals surface area (Å²) < 4.78 is 0.872. The summed E-state index contributed by atoms with van der Waals surface area (Å²) in [4.78, 5) is 3.96. The number of hydrazone groups is 1. The molecular weight excluding hydrogens is 289 g/mol. The molecule has 2 rings (SSSR count). The maximum atomic E-state index is 5.82. The zero-order valence-electron chi connectivity index (χ0n) is 8.84. The molecule has 0 amide bonds. The molecule has 0 aliphatic heterocycles. The Bertz CT molecular complexity index is 398. The molecule has 5 heteroatoms. The third-order valence-electron chi connectivity index (χ3n) is 2.59. The smallest absolute Gasteiger partial charge is 0.131 e. The van der Waals surface area contributed by atoms with Crippen molar-refractivity contribution < 1.29 is 0 Å². The first-order valence-electron chi connectivity index (χ1n) is 5.38. The second-order valence-electron chi connectivity index (χ2n) is 3.84. The Kier molecular flexibility index (Phi) is 4.18. The summed E-state index contributed by atoms with van der Waals surface area (Å²) in [5.74, 6) is 0. The average Bonchev–Trinajstić information content (AvgIpc) is 2.32. The number of anilines is 1. The first-order chi connectivity index (χ1) is 7.75. The lowest BCUT2D eigenvalue weighted by molar-refractivity contribution is 0.665. The van der Waals surface area contributed by atoms with Crippen LogP contribution in [0.1, 0.15) is 32.1 Å². The van der Waals surface area contributed by atoms with E-state index in [2.05, 4.69) is 31.4 Å². The largest absolute Gasteiger partial charge is 0.277 e. The fraction of sp³-hybridized carbons (Fsp3) is 0.455. The van der Waals surface area contributed by atoms with E-state index < -0.39 is 0 Å². The molecule has 16 heavy (non-hydrogen) atoms. The third-order valence-corrected chi connectivity index (χ3v) is 3.43. The number of halogens is 2. The maximum absolute atomic E-state index is 5.82. The van der Waals surface area contributed by atoms with Gasteiger partial charge in [-0.3, -0.25) is 5.43 Å². The number of pyridine rings is 1. The highest BCUT2D eigenvalue weighted by atomic mass is 79.9. The summed E-state index contributed by atoms with van der Waals surface area (Å²) in [5, 5.41) is 4.87. The normalized spacial score (nSPS) is 16.0. The zero-order valence-corrected chi connectivity index (χ0v) is 11.2. The van der Waals surface area contributed by atoms with E-state index in [0.29, 0.717) is 5.15 Å². The number of hydrogen-bond acceptors (Lipinski definition) is 3. The minimum absolute atomic E-state index is 0.467. The Morgan fingerprint density at radius 1 is 1.31 bits per heavy atom. The second kappa shape index (κ2) is 5.64. The molecule has 0 bridgehead atoms. The van der Waals surface area contributed by atoms with Gasteiger partial charge in [0.15, 0.2) is 0 Å². The average molecular weight is 303 g/mol. The number of rotatable bonds is 2. The zero-order chi connectivity index (χ0) is 11.4. The summed E-state index contributed by atoms with van der Waals surface area (Å²) in [7, 11) is 0. The molecule has 0 radical (unpaired) electrons. The van der Waals surface area contributed by atoms with Crippen LogP contribution in [-0.2, 0) is 0 Å². The molecule has 1 fully saturated rings. The number of nitrogens with one attached hydrogen (secondary N) is 1. The van der Waals surface area contributed by atoms with Crippen LogP contribution in [0.5, 0.6) is 0 Å². The van der Waals surface area contributed by atoms with Crippen LogP contribution in [0, 0.1) is 0 Å². The van der Waals surface area contributed by atoms with Crippen molar-refractivity contribution in [3.8, 4) is 0 Å². The predicted octanol–water partition coefficient (Wildman–Crippen LogP) is 4.23. The van der Waals surface area contributed by atoms with Gasteiger partial charge >= 0.3 is 0 Å². The lowest BCUT2D eigenvalue weighted by Gasteiger charge is -2.12. The molecule has 1 aliphatic carbocycles. The van der Waals surface area contributed by atoms with E-state index in [9.17, 15) is 0 Å². The molecule has 1 aliphatic rings. The molecular formula is C11H13BrClN3. The predicted molar refractivity (Wildman–Crippen MR) is 71.1 cm³/mol. The number of nitrogens with zero attached hydrogens (tertiary/aromatic N) is 2. The molecule has 0 saturated heterocycles. The van der Waals surface area contributed by atoms with Gasteiger partial charge in [-0.15, -0.1) is 0 Å². The summed E-state index contributed by atoms with van der Waals surface area (Å²) >= 11 is 9.22. The van der Waals surface area contributed by atoms with Crippen molar-refractivity contribution in [1.82, 2.24) is 4.98 Å². The van der Waals surface area contributed by atoms with Gasteiger partial charge in [0.2, 0.25) is 0 Å². The van der Waals surface area contributed by atoms with E-state index in [0.717, 1.165) is 23.0 Å². The van der Waals surface area contributed by atoms with Crippen molar-refractivity contribution in [2.24, 2.45) is 5.10 Å². The summed E-state index contributed by atoms with van der Waals surface area (Å²) in [6, 6.07) is 1.76. The van der Waals surface area contributed by atoms with Crippen molar-refractivity contribution in [3.63, 3.8) is 0 Å². The van der Waals surface area contributed by atoms with Crippen LogP contribution in [0.25, 0.3) is 0 Å². The highest BCUT2D eigenvalue weighted by molar-refractivity contribution is 9.10. The molecule has 0 aromatic carbocycles. The minimum atomic E-state index is 0.467. The van der Waals surface area contributed by atoms with E-state index >= 15 is 0 Å². The van der Waals surface area contributed by atoms with E-state index in [4.69, 9.17) is 11.6 Å². The SMILES string of the molecule is Clc1cc(NN=C2CCCCC2)c(Br)cn1. The summed E-state index contributed by atoms with van der Waals surface area (Å²) in [6.45, 7) is 0. The standard InChI is InChI=1S/C11H13BrClN3/c12-9-7-14-11(13)6-10(9)16-15-8-4-2-1-3-5-8/h6-7H,1-5H2,(H,14,16). The first kappa shape index (κ1) is 11.9. The lowest BCUT2D eigenvalue weighted by atomic mass is 9.99. The van der Waals surface area contributed by atoms with Gasteiger partial charge in [-0.1, -0.05) is 18.0 Å². The van der Waals surface area contributed by atoms with Crippen molar-refractivity contribution in [3.05, 3.63) is 21.9 Å². The van der Waals surface area contributed by atoms with Gasteiger partial charge in [0, 0.05) is 18.0 Å². The van der Waals surface area contributed by atoms with Gasteiger partial charge in [-0.25, -0.2) is 4.98 Å². The molecule has 86 valence electrons. The van der Waals surface area contributed by atoms with Crippen LogP contribution < -0.4 is 5.43 Å². The van der Waals surface area contributed by atoms with E-state index in [1.807, 2.05) is 0 Å². The summed E-state index contributed by atoms with van der Waals surface area (Å²) in [5.41, 5.74) is 5.14. The number of hydrogen-bond donors (Lipinski definition) is 1. The topological polar surface area (TPSA) is 37.3 Å². The Labute approximate surface area is 108 Å². The van der Waals surface area contributed by atoms with Crippen LogP contribution in [0.3, 0.4) is 0 Å². The molecule has 0 unspecified atom stereocenters. The van der Waals surface area contributed by atoms with E-state index in [1.165, 1.54) is 25.0 Å². The second-order valence-corrected chi connectivity index (χ2v) is 5.08. The first-order valence-corrected chi connectivity index (χ1v) is 6.55.